The molecule has 0 heterocycles. The molecule has 3 nitrogen and oxygen atoms in total. The third-order valence-electron chi connectivity index (χ3n) is 3.73. The van der Waals surface area contributed by atoms with Crippen LogP contribution in [0.25, 0.3) is 0 Å². The molecule has 0 aromatic rings. The predicted molar refractivity (Wildman–Crippen MR) is 77.8 cm³/mol. The number of hydrogen-bond donors (Lipinski definition) is 2. The first-order chi connectivity index (χ1) is 8.65. The van der Waals surface area contributed by atoms with E-state index in [9.17, 15) is 4.79 Å². The van der Waals surface area contributed by atoms with Crippen LogP contribution in [0.4, 0.5) is 0 Å². The monoisotopic (exact) mass is 273 g/mol. The Hall–Kier alpha value is -0.220. The van der Waals surface area contributed by atoms with E-state index in [4.69, 9.17) is 5.11 Å². The minimum Gasteiger partial charge on any atom is -0.396 e. The van der Waals surface area contributed by atoms with Crippen LogP contribution in [-0.4, -0.2) is 35.7 Å². The summed E-state index contributed by atoms with van der Waals surface area (Å²) in [5, 5.41) is 12.0. The molecule has 3 unspecified atom stereocenters. The number of thioether (sulfide) groups is 1. The lowest BCUT2D eigenvalue weighted by molar-refractivity contribution is -0.123. The highest BCUT2D eigenvalue weighted by Gasteiger charge is 2.22. The molecule has 106 valence electrons. The zero-order valence-corrected chi connectivity index (χ0v) is 12.5. The van der Waals surface area contributed by atoms with Crippen molar-refractivity contribution >= 4 is 17.7 Å². The van der Waals surface area contributed by atoms with Crippen LogP contribution in [0.15, 0.2) is 0 Å². The van der Waals surface area contributed by atoms with E-state index in [0.29, 0.717) is 18.8 Å². The van der Waals surface area contributed by atoms with Crippen molar-refractivity contribution in [2.24, 2.45) is 11.8 Å². The molecule has 1 fully saturated rings. The average Bonchev–Trinajstić information content (AvgIpc) is 2.29. The second-order valence-corrected chi connectivity index (χ2v) is 6.48. The standard InChI is InChI=1S/C14H27NO2S/c1-11-4-3-5-12(8-11)9-14(17)15-13(6-7-16)10-18-2/h11-13,16H,3-10H2,1-2H3,(H,15,17). The maximum atomic E-state index is 12.0. The maximum Gasteiger partial charge on any atom is 0.220 e. The Balaban J connectivity index is 2.30. The Kier molecular flexibility index (Phi) is 7.75. The van der Waals surface area contributed by atoms with Gasteiger partial charge in [-0.3, -0.25) is 4.79 Å². The summed E-state index contributed by atoms with van der Waals surface area (Å²) in [6.45, 7) is 2.43. The van der Waals surface area contributed by atoms with E-state index in [2.05, 4.69) is 12.2 Å². The van der Waals surface area contributed by atoms with Crippen LogP contribution in [0.3, 0.4) is 0 Å². The van der Waals surface area contributed by atoms with Gasteiger partial charge in [0, 0.05) is 24.8 Å². The lowest BCUT2D eigenvalue weighted by Gasteiger charge is -2.27. The third kappa shape index (κ3) is 6.10. The predicted octanol–water partition coefficient (Wildman–Crippen LogP) is 2.43. The van der Waals surface area contributed by atoms with Gasteiger partial charge >= 0.3 is 0 Å². The fraction of sp³-hybridized carbons (Fsp3) is 0.929. The number of rotatable bonds is 7. The van der Waals surface area contributed by atoms with Gasteiger partial charge in [0.05, 0.1) is 0 Å². The number of nitrogens with one attached hydrogen (secondary N) is 1. The van der Waals surface area contributed by atoms with Crippen molar-refractivity contribution in [3.63, 3.8) is 0 Å². The molecule has 0 radical (unpaired) electrons. The highest BCUT2D eigenvalue weighted by Crippen LogP contribution is 2.30. The smallest absolute Gasteiger partial charge is 0.220 e. The van der Waals surface area contributed by atoms with Crippen molar-refractivity contribution in [2.45, 2.75) is 51.5 Å². The summed E-state index contributed by atoms with van der Waals surface area (Å²) in [5.74, 6) is 2.39. The first kappa shape index (κ1) is 15.8. The number of aliphatic hydroxyl groups excluding tert-OH is 1. The van der Waals surface area contributed by atoms with Gasteiger partial charge in [0.1, 0.15) is 0 Å². The Morgan fingerprint density at radius 1 is 1.50 bits per heavy atom. The van der Waals surface area contributed by atoms with Crippen LogP contribution < -0.4 is 5.32 Å². The Morgan fingerprint density at radius 2 is 2.28 bits per heavy atom. The van der Waals surface area contributed by atoms with E-state index in [1.54, 1.807) is 11.8 Å². The molecule has 3 atom stereocenters. The first-order valence-electron chi connectivity index (χ1n) is 7.04. The van der Waals surface area contributed by atoms with Crippen molar-refractivity contribution in [3.05, 3.63) is 0 Å². The normalized spacial score (nSPS) is 25.7. The molecule has 1 amide bonds. The second kappa shape index (κ2) is 8.81. The van der Waals surface area contributed by atoms with Crippen LogP contribution in [-0.2, 0) is 4.79 Å². The number of aliphatic hydroxyl groups is 1. The number of amides is 1. The highest BCUT2D eigenvalue weighted by atomic mass is 32.2. The number of hydrogen-bond acceptors (Lipinski definition) is 3. The highest BCUT2D eigenvalue weighted by molar-refractivity contribution is 7.98. The molecular formula is C14H27NO2S. The lowest BCUT2D eigenvalue weighted by atomic mass is 9.81. The van der Waals surface area contributed by atoms with E-state index in [0.717, 1.165) is 11.7 Å². The largest absolute Gasteiger partial charge is 0.396 e. The summed E-state index contributed by atoms with van der Waals surface area (Å²) in [7, 11) is 0. The lowest BCUT2D eigenvalue weighted by Crippen LogP contribution is -2.38. The molecular weight excluding hydrogens is 246 g/mol. The number of carbonyl (C=O) groups excluding carboxylic acids is 1. The molecule has 1 aliphatic rings. The molecule has 0 saturated heterocycles. The van der Waals surface area contributed by atoms with Crippen LogP contribution in [0, 0.1) is 11.8 Å². The summed E-state index contributed by atoms with van der Waals surface area (Å²) in [6, 6.07) is 0.124. The van der Waals surface area contributed by atoms with Crippen molar-refractivity contribution in [1.29, 1.82) is 0 Å². The summed E-state index contributed by atoms with van der Waals surface area (Å²) in [6.07, 6.45) is 8.33. The first-order valence-corrected chi connectivity index (χ1v) is 8.44. The Bertz CT molecular complexity index is 233. The van der Waals surface area contributed by atoms with Crippen molar-refractivity contribution in [2.75, 3.05) is 18.6 Å². The minimum absolute atomic E-state index is 0.124. The molecule has 1 saturated carbocycles. The summed E-state index contributed by atoms with van der Waals surface area (Å²) < 4.78 is 0. The van der Waals surface area contributed by atoms with Gasteiger partial charge in [-0.05, 0) is 37.4 Å². The van der Waals surface area contributed by atoms with Gasteiger partial charge in [-0.25, -0.2) is 0 Å². The molecule has 4 heteroatoms. The fourth-order valence-corrected chi connectivity index (χ4v) is 3.50. The van der Waals surface area contributed by atoms with E-state index in [-0.39, 0.29) is 18.6 Å². The van der Waals surface area contributed by atoms with Crippen molar-refractivity contribution < 1.29 is 9.90 Å². The second-order valence-electron chi connectivity index (χ2n) is 5.57. The van der Waals surface area contributed by atoms with Gasteiger partial charge in [0.2, 0.25) is 5.91 Å². The SMILES string of the molecule is CSCC(CCO)NC(=O)CC1CCCC(C)C1. The van der Waals surface area contributed by atoms with Crippen LogP contribution in [0.5, 0.6) is 0 Å². The maximum absolute atomic E-state index is 12.0. The minimum atomic E-state index is 0.124. The quantitative estimate of drug-likeness (QED) is 0.749. The molecule has 0 aliphatic heterocycles. The number of carbonyl (C=O) groups is 1. The van der Waals surface area contributed by atoms with Gasteiger partial charge in [-0.2, -0.15) is 11.8 Å². The molecule has 0 aromatic carbocycles. The van der Waals surface area contributed by atoms with Gasteiger partial charge in [-0.15, -0.1) is 0 Å². The molecule has 0 spiro atoms. The fourth-order valence-electron chi connectivity index (χ4n) is 2.85. The molecule has 18 heavy (non-hydrogen) atoms. The van der Waals surface area contributed by atoms with Gasteiger partial charge in [0.25, 0.3) is 0 Å². The topological polar surface area (TPSA) is 49.3 Å². The molecule has 2 N–H and O–H groups in total. The Labute approximate surface area is 115 Å². The van der Waals surface area contributed by atoms with E-state index < -0.39 is 0 Å². The molecule has 1 aliphatic carbocycles. The zero-order valence-electron chi connectivity index (χ0n) is 11.7. The molecule has 0 aromatic heterocycles. The zero-order chi connectivity index (χ0) is 13.4. The summed E-state index contributed by atoms with van der Waals surface area (Å²) in [4.78, 5) is 12.0. The van der Waals surface area contributed by atoms with Gasteiger partial charge in [0.15, 0.2) is 0 Å². The van der Waals surface area contributed by atoms with E-state index in [1.807, 2.05) is 6.26 Å². The Morgan fingerprint density at radius 3 is 2.89 bits per heavy atom. The van der Waals surface area contributed by atoms with Crippen molar-refractivity contribution in [3.8, 4) is 0 Å². The van der Waals surface area contributed by atoms with Crippen LogP contribution in [0.2, 0.25) is 0 Å². The van der Waals surface area contributed by atoms with Crippen molar-refractivity contribution in [1.82, 2.24) is 5.32 Å². The van der Waals surface area contributed by atoms with Crippen LogP contribution >= 0.6 is 11.8 Å². The van der Waals surface area contributed by atoms with Crippen LogP contribution in [0.1, 0.15) is 45.4 Å². The van der Waals surface area contributed by atoms with Gasteiger partial charge < -0.3 is 10.4 Å². The van der Waals surface area contributed by atoms with E-state index >= 15 is 0 Å². The molecule has 1 rings (SSSR count). The van der Waals surface area contributed by atoms with Gasteiger partial charge in [-0.1, -0.05) is 19.8 Å². The molecule has 0 bridgehead atoms. The average molecular weight is 273 g/mol. The summed E-state index contributed by atoms with van der Waals surface area (Å²) >= 11 is 1.71. The van der Waals surface area contributed by atoms with E-state index in [1.165, 1.54) is 25.7 Å². The third-order valence-corrected chi connectivity index (χ3v) is 4.47. The summed E-state index contributed by atoms with van der Waals surface area (Å²) in [5.41, 5.74) is 0.